The molecule has 0 spiro atoms. The molecule has 1 aliphatic heterocycles. The van der Waals surface area contributed by atoms with E-state index in [2.05, 4.69) is 15.2 Å². The summed E-state index contributed by atoms with van der Waals surface area (Å²) in [5, 5.41) is 15.2. The van der Waals surface area contributed by atoms with Crippen LogP contribution >= 0.6 is 0 Å². The van der Waals surface area contributed by atoms with Gasteiger partial charge in [-0.1, -0.05) is 0 Å². The highest BCUT2D eigenvalue weighted by Gasteiger charge is 2.26. The Bertz CT molecular complexity index is 743. The quantitative estimate of drug-likeness (QED) is 0.515. The van der Waals surface area contributed by atoms with E-state index in [0.29, 0.717) is 49.6 Å². The van der Waals surface area contributed by atoms with Crippen molar-refractivity contribution in [2.24, 2.45) is 10.7 Å². The molecule has 0 aromatic carbocycles. The summed E-state index contributed by atoms with van der Waals surface area (Å²) in [7, 11) is -3.16. The van der Waals surface area contributed by atoms with Gasteiger partial charge in [-0.2, -0.15) is 9.40 Å². The van der Waals surface area contributed by atoms with Crippen molar-refractivity contribution < 1.29 is 8.42 Å². The van der Waals surface area contributed by atoms with Gasteiger partial charge >= 0.3 is 0 Å². The van der Waals surface area contributed by atoms with Gasteiger partial charge in [-0.05, 0) is 12.8 Å². The molecule has 2 fully saturated rings. The second-order valence-electron chi connectivity index (χ2n) is 6.33. The molecule has 0 unspecified atom stereocenters. The molecule has 1 aromatic heterocycles. The second kappa shape index (κ2) is 6.52. The average Bonchev–Trinajstić information content (AvgIpc) is 3.27. The van der Waals surface area contributed by atoms with Crippen LogP contribution in [0.3, 0.4) is 0 Å². The zero-order chi connectivity index (χ0) is 17.3. The van der Waals surface area contributed by atoms with Crippen LogP contribution in [0.25, 0.3) is 0 Å². The Morgan fingerprint density at radius 3 is 2.67 bits per heavy atom. The lowest BCUT2D eigenvalue weighted by molar-refractivity contribution is 0.264. The molecule has 24 heavy (non-hydrogen) atoms. The molecule has 1 saturated carbocycles. The normalized spacial score (nSPS) is 20.4. The van der Waals surface area contributed by atoms with E-state index >= 15 is 0 Å². The molecular formula is C14H23N7O2S. The third kappa shape index (κ3) is 4.12. The van der Waals surface area contributed by atoms with Crippen LogP contribution in [0.5, 0.6) is 0 Å². The van der Waals surface area contributed by atoms with E-state index < -0.39 is 10.0 Å². The van der Waals surface area contributed by atoms with Crippen molar-refractivity contribution >= 4 is 27.5 Å². The maximum atomic E-state index is 11.5. The summed E-state index contributed by atoms with van der Waals surface area (Å²) in [4.78, 5) is 6.09. The lowest BCUT2D eigenvalue weighted by Gasteiger charge is -2.34. The summed E-state index contributed by atoms with van der Waals surface area (Å²) < 4.78 is 24.4. The fraction of sp³-hybridized carbons (Fsp3) is 0.643. The van der Waals surface area contributed by atoms with Crippen LogP contribution in [0.15, 0.2) is 11.1 Å². The molecule has 4 N–H and O–H groups in total. The van der Waals surface area contributed by atoms with Gasteiger partial charge in [-0.3, -0.25) is 10.5 Å². The fourth-order valence-corrected chi connectivity index (χ4v) is 3.57. The van der Waals surface area contributed by atoms with Crippen molar-refractivity contribution in [1.82, 2.24) is 19.4 Å². The summed E-state index contributed by atoms with van der Waals surface area (Å²) in [6.45, 7) is 1.77. The zero-order valence-corrected chi connectivity index (χ0v) is 14.5. The number of amidine groups is 2. The van der Waals surface area contributed by atoms with E-state index in [9.17, 15) is 8.42 Å². The average molecular weight is 353 g/mol. The van der Waals surface area contributed by atoms with E-state index in [1.807, 2.05) is 11.0 Å². The SMILES string of the molecule is CS(=O)(=O)N1CCN(C(=N)CC(N)=Nc2cc(C3CC3)[nH]n2)CC1. The molecule has 1 saturated heterocycles. The van der Waals surface area contributed by atoms with Crippen LogP contribution in [-0.4, -0.2) is 71.9 Å². The molecule has 0 radical (unpaired) electrons. The van der Waals surface area contributed by atoms with Crippen LogP contribution < -0.4 is 5.73 Å². The number of nitrogens with zero attached hydrogens (tertiary/aromatic N) is 4. The van der Waals surface area contributed by atoms with Crippen LogP contribution in [-0.2, 0) is 10.0 Å². The van der Waals surface area contributed by atoms with Gasteiger partial charge in [0.2, 0.25) is 10.0 Å². The number of nitrogens with one attached hydrogen (secondary N) is 2. The largest absolute Gasteiger partial charge is 0.387 e. The predicted molar refractivity (Wildman–Crippen MR) is 92.2 cm³/mol. The molecule has 0 amide bonds. The summed E-state index contributed by atoms with van der Waals surface area (Å²) >= 11 is 0. The van der Waals surface area contributed by atoms with Gasteiger partial charge in [0.05, 0.1) is 12.7 Å². The van der Waals surface area contributed by atoms with E-state index in [1.165, 1.54) is 23.4 Å². The summed E-state index contributed by atoms with van der Waals surface area (Å²) in [6.07, 6.45) is 3.80. The minimum absolute atomic E-state index is 0.227. The molecule has 2 aliphatic rings. The molecule has 1 aliphatic carbocycles. The Balaban J connectivity index is 1.53. The molecule has 1 aromatic rings. The number of rotatable bonds is 5. The van der Waals surface area contributed by atoms with Crippen LogP contribution in [0, 0.1) is 5.41 Å². The first-order valence-corrected chi connectivity index (χ1v) is 9.83. The Hall–Kier alpha value is -1.94. The van der Waals surface area contributed by atoms with Gasteiger partial charge < -0.3 is 10.6 Å². The smallest absolute Gasteiger partial charge is 0.211 e. The van der Waals surface area contributed by atoms with E-state index in [-0.39, 0.29) is 6.42 Å². The van der Waals surface area contributed by atoms with Crippen LogP contribution in [0.4, 0.5) is 5.82 Å². The zero-order valence-electron chi connectivity index (χ0n) is 13.7. The minimum Gasteiger partial charge on any atom is -0.387 e. The third-order valence-electron chi connectivity index (χ3n) is 4.30. The van der Waals surface area contributed by atoms with Gasteiger partial charge in [0.15, 0.2) is 5.82 Å². The summed E-state index contributed by atoms with van der Waals surface area (Å²) in [6, 6.07) is 1.90. The number of aromatic nitrogens is 2. The Morgan fingerprint density at radius 2 is 2.08 bits per heavy atom. The molecule has 0 bridgehead atoms. The molecule has 132 valence electrons. The maximum Gasteiger partial charge on any atom is 0.211 e. The lowest BCUT2D eigenvalue weighted by Crippen LogP contribution is -2.50. The van der Waals surface area contributed by atoms with Crippen molar-refractivity contribution in [3.8, 4) is 0 Å². The molecule has 0 atom stereocenters. The van der Waals surface area contributed by atoms with Gasteiger partial charge in [-0.15, -0.1) is 0 Å². The number of aliphatic imine (C=N–C) groups is 1. The standard InChI is InChI=1S/C14H23N7O2S/c1-24(22,23)21-6-4-20(5-7-21)13(16)9-12(15)17-14-8-11(18-19-14)10-2-3-10/h8,10,16H,2-7,9H2,1H3,(H3,15,17,18,19). The van der Waals surface area contributed by atoms with Crippen LogP contribution in [0.2, 0.25) is 0 Å². The highest BCUT2D eigenvalue weighted by atomic mass is 32.2. The molecular weight excluding hydrogens is 330 g/mol. The van der Waals surface area contributed by atoms with Crippen molar-refractivity contribution in [2.45, 2.75) is 25.2 Å². The van der Waals surface area contributed by atoms with E-state index in [4.69, 9.17) is 11.1 Å². The Labute approximate surface area is 141 Å². The summed E-state index contributed by atoms with van der Waals surface area (Å²) in [5.41, 5.74) is 7.02. The number of nitrogens with two attached hydrogens (primary N) is 1. The number of piperazine rings is 1. The third-order valence-corrected chi connectivity index (χ3v) is 5.60. The molecule has 9 nitrogen and oxygen atoms in total. The highest BCUT2D eigenvalue weighted by molar-refractivity contribution is 7.88. The monoisotopic (exact) mass is 353 g/mol. The molecule has 3 rings (SSSR count). The topological polar surface area (TPSA) is 132 Å². The highest BCUT2D eigenvalue weighted by Crippen LogP contribution is 2.39. The number of hydrogen-bond donors (Lipinski definition) is 3. The Morgan fingerprint density at radius 1 is 1.42 bits per heavy atom. The lowest BCUT2D eigenvalue weighted by atomic mass is 10.3. The van der Waals surface area contributed by atoms with Crippen molar-refractivity contribution in [3.63, 3.8) is 0 Å². The predicted octanol–water partition coefficient (Wildman–Crippen LogP) is 0.220. The number of aromatic amines is 1. The van der Waals surface area contributed by atoms with Crippen LogP contribution in [0.1, 0.15) is 30.9 Å². The molecule has 2 heterocycles. The van der Waals surface area contributed by atoms with Gasteiger partial charge in [0.1, 0.15) is 11.7 Å². The number of hydrogen-bond acceptors (Lipinski definition) is 5. The van der Waals surface area contributed by atoms with E-state index in [1.54, 1.807) is 0 Å². The first-order valence-electron chi connectivity index (χ1n) is 7.99. The van der Waals surface area contributed by atoms with Crippen molar-refractivity contribution in [1.29, 1.82) is 5.41 Å². The first kappa shape index (κ1) is 16.9. The number of H-pyrrole nitrogens is 1. The van der Waals surface area contributed by atoms with E-state index in [0.717, 1.165) is 5.69 Å². The maximum absolute atomic E-state index is 11.5. The summed E-state index contributed by atoms with van der Waals surface area (Å²) in [5.74, 6) is 1.80. The molecule has 10 heteroatoms. The first-order chi connectivity index (χ1) is 11.3. The fourth-order valence-electron chi connectivity index (χ4n) is 2.75. The number of sulfonamides is 1. The minimum atomic E-state index is -3.16. The van der Waals surface area contributed by atoms with Crippen molar-refractivity contribution in [2.75, 3.05) is 32.4 Å². The van der Waals surface area contributed by atoms with Crippen molar-refractivity contribution in [3.05, 3.63) is 11.8 Å². The van der Waals surface area contributed by atoms with Gasteiger partial charge in [0.25, 0.3) is 0 Å². The second-order valence-corrected chi connectivity index (χ2v) is 8.31. The van der Waals surface area contributed by atoms with Gasteiger partial charge in [-0.25, -0.2) is 13.4 Å². The Kier molecular flexibility index (Phi) is 4.59. The van der Waals surface area contributed by atoms with Gasteiger partial charge in [0, 0.05) is 43.9 Å².